The van der Waals surface area contributed by atoms with Gasteiger partial charge in [0.15, 0.2) is 11.6 Å². The smallest absolute Gasteiger partial charge is 0.222 e. The minimum atomic E-state index is -0.890. The third-order valence-corrected chi connectivity index (χ3v) is 3.72. The summed E-state index contributed by atoms with van der Waals surface area (Å²) < 4.78 is 31.6. The van der Waals surface area contributed by atoms with Crippen molar-refractivity contribution >= 4 is 5.91 Å². The second-order valence-electron chi connectivity index (χ2n) is 5.54. The van der Waals surface area contributed by atoms with Crippen molar-refractivity contribution in [2.45, 2.75) is 26.3 Å². The van der Waals surface area contributed by atoms with Crippen molar-refractivity contribution in [3.05, 3.63) is 65.2 Å². The summed E-state index contributed by atoms with van der Waals surface area (Å²) in [4.78, 5) is 13.9. The van der Waals surface area contributed by atoms with E-state index >= 15 is 0 Å². The van der Waals surface area contributed by atoms with Gasteiger partial charge in [-0.3, -0.25) is 4.79 Å². The van der Waals surface area contributed by atoms with Crippen LogP contribution in [0, 0.1) is 11.6 Å². The summed E-state index contributed by atoms with van der Waals surface area (Å²) in [6.07, 6.45) is 0.603. The Morgan fingerprint density at radius 2 is 1.88 bits per heavy atom. The van der Waals surface area contributed by atoms with Gasteiger partial charge in [0, 0.05) is 25.6 Å². The van der Waals surface area contributed by atoms with Gasteiger partial charge in [-0.2, -0.15) is 0 Å². The molecule has 0 N–H and O–H groups in total. The van der Waals surface area contributed by atoms with Crippen LogP contribution in [0.25, 0.3) is 0 Å². The lowest BCUT2D eigenvalue weighted by Gasteiger charge is -2.19. The first-order chi connectivity index (χ1) is 11.5. The average molecular weight is 333 g/mol. The van der Waals surface area contributed by atoms with Crippen LogP contribution in [0.5, 0.6) is 5.75 Å². The lowest BCUT2D eigenvalue weighted by atomic mass is 10.1. The molecule has 3 nitrogen and oxygen atoms in total. The van der Waals surface area contributed by atoms with E-state index in [0.29, 0.717) is 25.1 Å². The van der Waals surface area contributed by atoms with Gasteiger partial charge >= 0.3 is 0 Å². The zero-order valence-corrected chi connectivity index (χ0v) is 13.9. The number of carbonyl (C=O) groups is 1. The predicted molar refractivity (Wildman–Crippen MR) is 88.8 cm³/mol. The SMILES string of the molecule is CCOc1ccccc1CN(C)C(=O)CCc1ccc(F)c(F)c1. The third kappa shape index (κ3) is 4.78. The van der Waals surface area contributed by atoms with E-state index in [0.717, 1.165) is 23.4 Å². The Morgan fingerprint density at radius 1 is 1.12 bits per heavy atom. The standard InChI is InChI=1S/C19H21F2NO2/c1-3-24-18-7-5-4-6-15(18)13-22(2)19(23)11-9-14-8-10-16(20)17(21)12-14/h4-8,10,12H,3,9,11,13H2,1-2H3. The summed E-state index contributed by atoms with van der Waals surface area (Å²) in [6.45, 7) is 2.91. The molecule has 2 rings (SSSR count). The highest BCUT2D eigenvalue weighted by atomic mass is 19.2. The molecule has 0 aromatic heterocycles. The normalized spacial score (nSPS) is 10.5. The number of aryl methyl sites for hydroxylation is 1. The Bertz CT molecular complexity index is 704. The van der Waals surface area contributed by atoms with Gasteiger partial charge in [0.05, 0.1) is 6.61 Å². The highest BCUT2D eigenvalue weighted by Crippen LogP contribution is 2.20. The third-order valence-electron chi connectivity index (χ3n) is 3.72. The summed E-state index contributed by atoms with van der Waals surface area (Å²) in [5, 5.41) is 0. The molecule has 24 heavy (non-hydrogen) atoms. The minimum absolute atomic E-state index is 0.0639. The van der Waals surface area contributed by atoms with Gasteiger partial charge in [0.1, 0.15) is 5.75 Å². The fraction of sp³-hybridized carbons (Fsp3) is 0.316. The molecule has 0 heterocycles. The Balaban J connectivity index is 1.93. The highest BCUT2D eigenvalue weighted by Gasteiger charge is 2.12. The van der Waals surface area contributed by atoms with Crippen LogP contribution in [0.3, 0.4) is 0 Å². The lowest BCUT2D eigenvalue weighted by molar-refractivity contribution is -0.130. The first-order valence-electron chi connectivity index (χ1n) is 7.90. The molecule has 0 aliphatic rings. The van der Waals surface area contributed by atoms with Gasteiger partial charge in [-0.1, -0.05) is 24.3 Å². The largest absolute Gasteiger partial charge is 0.494 e. The van der Waals surface area contributed by atoms with E-state index < -0.39 is 11.6 Å². The first-order valence-corrected chi connectivity index (χ1v) is 7.90. The molecule has 0 saturated carbocycles. The van der Waals surface area contributed by atoms with E-state index in [4.69, 9.17) is 4.74 Å². The topological polar surface area (TPSA) is 29.5 Å². The first kappa shape index (κ1) is 17.9. The molecule has 128 valence electrons. The summed E-state index contributed by atoms with van der Waals surface area (Å²) in [5.41, 5.74) is 1.54. The summed E-state index contributed by atoms with van der Waals surface area (Å²) in [6, 6.07) is 11.3. The second-order valence-corrected chi connectivity index (χ2v) is 5.54. The maximum absolute atomic E-state index is 13.2. The lowest BCUT2D eigenvalue weighted by Crippen LogP contribution is -2.26. The number of hydrogen-bond donors (Lipinski definition) is 0. The average Bonchev–Trinajstić information content (AvgIpc) is 2.57. The van der Waals surface area contributed by atoms with Crippen LogP contribution in [0.2, 0.25) is 0 Å². The predicted octanol–water partition coefficient (Wildman–Crippen LogP) is 3.95. The molecule has 2 aromatic carbocycles. The van der Waals surface area contributed by atoms with Crippen molar-refractivity contribution < 1.29 is 18.3 Å². The number of rotatable bonds is 7. The Hall–Kier alpha value is -2.43. The van der Waals surface area contributed by atoms with E-state index in [9.17, 15) is 13.6 Å². The van der Waals surface area contributed by atoms with Gasteiger partial charge in [0.25, 0.3) is 0 Å². The Morgan fingerprint density at radius 3 is 2.58 bits per heavy atom. The molecule has 1 amide bonds. The number of para-hydroxylation sites is 1. The molecule has 0 saturated heterocycles. The molecule has 0 radical (unpaired) electrons. The molecule has 0 atom stereocenters. The van der Waals surface area contributed by atoms with Gasteiger partial charge in [-0.05, 0) is 37.1 Å². The molecule has 0 spiro atoms. The van der Waals surface area contributed by atoms with Crippen LogP contribution in [0.1, 0.15) is 24.5 Å². The fourth-order valence-electron chi connectivity index (χ4n) is 2.41. The Labute approximate surface area is 140 Å². The fourth-order valence-corrected chi connectivity index (χ4v) is 2.41. The number of amides is 1. The minimum Gasteiger partial charge on any atom is -0.494 e. The number of carbonyl (C=O) groups excluding carboxylic acids is 1. The molecule has 0 aliphatic carbocycles. The van der Waals surface area contributed by atoms with E-state index in [-0.39, 0.29) is 12.3 Å². The molecular formula is C19H21F2NO2. The van der Waals surface area contributed by atoms with Crippen molar-refractivity contribution in [2.24, 2.45) is 0 Å². The van der Waals surface area contributed by atoms with E-state index in [1.54, 1.807) is 11.9 Å². The number of hydrogen-bond acceptors (Lipinski definition) is 2. The van der Waals surface area contributed by atoms with Crippen molar-refractivity contribution in [3.63, 3.8) is 0 Å². The molecule has 2 aromatic rings. The Kier molecular flexibility index (Phi) is 6.29. The number of halogens is 2. The van der Waals surface area contributed by atoms with Crippen molar-refractivity contribution in [1.82, 2.24) is 4.90 Å². The number of benzene rings is 2. The van der Waals surface area contributed by atoms with Gasteiger partial charge in [-0.15, -0.1) is 0 Å². The molecule has 0 bridgehead atoms. The van der Waals surface area contributed by atoms with E-state index in [1.165, 1.54) is 6.07 Å². The van der Waals surface area contributed by atoms with Crippen LogP contribution in [-0.4, -0.2) is 24.5 Å². The quantitative estimate of drug-likeness (QED) is 0.768. The summed E-state index contributed by atoms with van der Waals surface area (Å²) in [7, 11) is 1.72. The molecule has 0 unspecified atom stereocenters. The summed E-state index contributed by atoms with van der Waals surface area (Å²) >= 11 is 0. The second kappa shape index (κ2) is 8.43. The number of nitrogens with zero attached hydrogens (tertiary/aromatic N) is 1. The van der Waals surface area contributed by atoms with Crippen LogP contribution >= 0.6 is 0 Å². The monoisotopic (exact) mass is 333 g/mol. The van der Waals surface area contributed by atoms with E-state index in [2.05, 4.69) is 0 Å². The molecule has 5 heteroatoms. The van der Waals surface area contributed by atoms with Gasteiger partial charge in [-0.25, -0.2) is 8.78 Å². The van der Waals surface area contributed by atoms with Gasteiger partial charge in [0.2, 0.25) is 5.91 Å². The molecule has 0 aliphatic heterocycles. The van der Waals surface area contributed by atoms with Crippen molar-refractivity contribution in [2.75, 3.05) is 13.7 Å². The maximum atomic E-state index is 13.2. The van der Waals surface area contributed by atoms with Crippen LogP contribution in [-0.2, 0) is 17.8 Å². The highest BCUT2D eigenvalue weighted by molar-refractivity contribution is 5.76. The zero-order valence-electron chi connectivity index (χ0n) is 13.9. The van der Waals surface area contributed by atoms with Crippen LogP contribution < -0.4 is 4.74 Å². The van der Waals surface area contributed by atoms with Crippen molar-refractivity contribution in [3.8, 4) is 5.75 Å². The molecular weight excluding hydrogens is 312 g/mol. The molecule has 0 fully saturated rings. The van der Waals surface area contributed by atoms with Crippen LogP contribution in [0.15, 0.2) is 42.5 Å². The zero-order chi connectivity index (χ0) is 17.5. The maximum Gasteiger partial charge on any atom is 0.222 e. The van der Waals surface area contributed by atoms with Crippen molar-refractivity contribution in [1.29, 1.82) is 0 Å². The van der Waals surface area contributed by atoms with Gasteiger partial charge < -0.3 is 9.64 Å². The van der Waals surface area contributed by atoms with E-state index in [1.807, 2.05) is 31.2 Å². The number of ether oxygens (including phenoxy) is 1. The summed E-state index contributed by atoms with van der Waals surface area (Å²) in [5.74, 6) is -1.07. The van der Waals surface area contributed by atoms with Crippen LogP contribution in [0.4, 0.5) is 8.78 Å².